The Kier molecular flexibility index (Phi) is 5.23. The van der Waals surface area contributed by atoms with Crippen LogP contribution in [0.5, 0.6) is 0 Å². The molecule has 0 nitrogen and oxygen atoms in total. The number of rotatable bonds is 4. The molecule has 0 radical (unpaired) electrons. The summed E-state index contributed by atoms with van der Waals surface area (Å²) >= 11 is 7.14. The SMILES string of the molecule is Cc1ccc(CC(CBr)c2ccc(Br)cc2)cc1C. The molecule has 19 heavy (non-hydrogen) atoms. The molecule has 0 N–H and O–H groups in total. The second-order valence-corrected chi connectivity index (χ2v) is 6.59. The van der Waals surface area contributed by atoms with E-state index in [4.69, 9.17) is 0 Å². The first-order chi connectivity index (χ1) is 9.10. The predicted octanol–water partition coefficient (Wildman–Crippen LogP) is 5.79. The third kappa shape index (κ3) is 3.93. The van der Waals surface area contributed by atoms with Crippen molar-refractivity contribution in [1.82, 2.24) is 0 Å². The van der Waals surface area contributed by atoms with Crippen molar-refractivity contribution in [2.24, 2.45) is 0 Å². The van der Waals surface area contributed by atoms with E-state index < -0.39 is 0 Å². The average molecular weight is 382 g/mol. The van der Waals surface area contributed by atoms with Crippen molar-refractivity contribution in [3.8, 4) is 0 Å². The van der Waals surface area contributed by atoms with Gasteiger partial charge in [-0.05, 0) is 60.6 Å². The fraction of sp³-hybridized carbons (Fsp3) is 0.294. The van der Waals surface area contributed by atoms with E-state index in [2.05, 4.69) is 88.2 Å². The van der Waals surface area contributed by atoms with Gasteiger partial charge < -0.3 is 0 Å². The van der Waals surface area contributed by atoms with E-state index in [-0.39, 0.29) is 0 Å². The third-order valence-electron chi connectivity index (χ3n) is 3.58. The minimum absolute atomic E-state index is 0.523. The molecule has 0 amide bonds. The van der Waals surface area contributed by atoms with Crippen LogP contribution in [-0.4, -0.2) is 5.33 Å². The lowest BCUT2D eigenvalue weighted by molar-refractivity contribution is 0.774. The highest BCUT2D eigenvalue weighted by Gasteiger charge is 2.11. The van der Waals surface area contributed by atoms with Gasteiger partial charge in [0, 0.05) is 9.80 Å². The zero-order valence-corrected chi connectivity index (χ0v) is 14.5. The minimum atomic E-state index is 0.523. The summed E-state index contributed by atoms with van der Waals surface area (Å²) in [5.41, 5.74) is 5.54. The van der Waals surface area contributed by atoms with Crippen molar-refractivity contribution in [1.29, 1.82) is 0 Å². The Balaban J connectivity index is 2.18. The highest BCUT2D eigenvalue weighted by atomic mass is 79.9. The standard InChI is InChI=1S/C17H18Br2/c1-12-3-4-14(9-13(12)2)10-16(11-18)15-5-7-17(19)8-6-15/h3-9,16H,10-11H2,1-2H3. The molecule has 0 aliphatic rings. The lowest BCUT2D eigenvalue weighted by atomic mass is 9.92. The fourth-order valence-corrected chi connectivity index (χ4v) is 3.08. The van der Waals surface area contributed by atoms with Crippen LogP contribution in [0, 0.1) is 13.8 Å². The first kappa shape index (κ1) is 14.8. The molecule has 2 aromatic rings. The molecule has 0 fully saturated rings. The lowest BCUT2D eigenvalue weighted by Gasteiger charge is -2.15. The van der Waals surface area contributed by atoms with Crippen molar-refractivity contribution in [2.45, 2.75) is 26.2 Å². The maximum absolute atomic E-state index is 3.65. The highest BCUT2D eigenvalue weighted by molar-refractivity contribution is 9.10. The monoisotopic (exact) mass is 380 g/mol. The highest BCUT2D eigenvalue weighted by Crippen LogP contribution is 2.25. The van der Waals surface area contributed by atoms with Gasteiger partial charge in [-0.3, -0.25) is 0 Å². The number of alkyl halides is 1. The molecule has 0 aromatic heterocycles. The molecule has 1 atom stereocenters. The van der Waals surface area contributed by atoms with Crippen molar-refractivity contribution in [3.05, 3.63) is 69.2 Å². The van der Waals surface area contributed by atoms with Crippen LogP contribution in [-0.2, 0) is 6.42 Å². The van der Waals surface area contributed by atoms with Gasteiger partial charge in [0.25, 0.3) is 0 Å². The van der Waals surface area contributed by atoms with Gasteiger partial charge in [-0.2, -0.15) is 0 Å². The summed E-state index contributed by atoms with van der Waals surface area (Å²) in [5, 5.41) is 0.988. The maximum atomic E-state index is 3.65. The van der Waals surface area contributed by atoms with E-state index in [0.29, 0.717) is 5.92 Å². The van der Waals surface area contributed by atoms with E-state index in [9.17, 15) is 0 Å². The Morgan fingerprint density at radius 3 is 2.21 bits per heavy atom. The van der Waals surface area contributed by atoms with Crippen LogP contribution in [0.1, 0.15) is 28.2 Å². The van der Waals surface area contributed by atoms with Gasteiger partial charge in [0.1, 0.15) is 0 Å². The molecule has 0 saturated heterocycles. The Bertz CT molecular complexity index is 544. The Labute approximate surface area is 132 Å². The maximum Gasteiger partial charge on any atom is 0.0175 e. The summed E-state index contributed by atoms with van der Waals surface area (Å²) < 4.78 is 1.13. The predicted molar refractivity (Wildman–Crippen MR) is 90.3 cm³/mol. The molecule has 0 spiro atoms. The van der Waals surface area contributed by atoms with Gasteiger partial charge >= 0.3 is 0 Å². The first-order valence-electron chi connectivity index (χ1n) is 6.47. The lowest BCUT2D eigenvalue weighted by Crippen LogP contribution is -2.04. The molecule has 2 aromatic carbocycles. The molecule has 0 aliphatic carbocycles. The minimum Gasteiger partial charge on any atom is -0.0921 e. The van der Waals surface area contributed by atoms with Crippen LogP contribution < -0.4 is 0 Å². The van der Waals surface area contributed by atoms with Crippen molar-refractivity contribution < 1.29 is 0 Å². The smallest absolute Gasteiger partial charge is 0.0175 e. The van der Waals surface area contributed by atoms with Gasteiger partial charge in [0.2, 0.25) is 0 Å². The normalized spacial score (nSPS) is 12.4. The third-order valence-corrected chi connectivity index (χ3v) is 4.89. The molecular formula is C17H18Br2. The van der Waals surface area contributed by atoms with E-state index in [1.807, 2.05) is 0 Å². The summed E-state index contributed by atoms with van der Waals surface area (Å²) in [6.07, 6.45) is 1.08. The Hall–Kier alpha value is -0.600. The van der Waals surface area contributed by atoms with Crippen LogP contribution in [0.15, 0.2) is 46.9 Å². The van der Waals surface area contributed by atoms with Gasteiger partial charge in [-0.25, -0.2) is 0 Å². The summed E-state index contributed by atoms with van der Waals surface area (Å²) in [6.45, 7) is 4.34. The summed E-state index contributed by atoms with van der Waals surface area (Å²) in [7, 11) is 0. The zero-order chi connectivity index (χ0) is 13.8. The van der Waals surface area contributed by atoms with Crippen LogP contribution in [0.4, 0.5) is 0 Å². The molecule has 100 valence electrons. The van der Waals surface area contributed by atoms with E-state index in [1.165, 1.54) is 22.3 Å². The van der Waals surface area contributed by atoms with Crippen molar-refractivity contribution >= 4 is 31.9 Å². The quantitative estimate of drug-likeness (QED) is 0.588. The second-order valence-electron chi connectivity index (χ2n) is 5.03. The van der Waals surface area contributed by atoms with E-state index >= 15 is 0 Å². The number of hydrogen-bond acceptors (Lipinski definition) is 0. The number of halogens is 2. The number of hydrogen-bond donors (Lipinski definition) is 0. The molecule has 0 aliphatic heterocycles. The van der Waals surface area contributed by atoms with Gasteiger partial charge in [0.05, 0.1) is 0 Å². The molecular weight excluding hydrogens is 364 g/mol. The second kappa shape index (κ2) is 6.71. The topological polar surface area (TPSA) is 0 Å². The van der Waals surface area contributed by atoms with E-state index in [0.717, 1.165) is 16.2 Å². The fourth-order valence-electron chi connectivity index (χ4n) is 2.21. The summed E-state index contributed by atoms with van der Waals surface area (Å²) in [5.74, 6) is 0.523. The van der Waals surface area contributed by atoms with Crippen LogP contribution in [0.25, 0.3) is 0 Å². The Morgan fingerprint density at radius 2 is 1.63 bits per heavy atom. The van der Waals surface area contributed by atoms with Crippen LogP contribution >= 0.6 is 31.9 Å². The molecule has 1 unspecified atom stereocenters. The van der Waals surface area contributed by atoms with Crippen LogP contribution in [0.2, 0.25) is 0 Å². The average Bonchev–Trinajstić information content (AvgIpc) is 2.41. The molecule has 2 rings (SSSR count). The molecule has 2 heteroatoms. The van der Waals surface area contributed by atoms with Crippen LogP contribution in [0.3, 0.4) is 0 Å². The molecule has 0 saturated carbocycles. The van der Waals surface area contributed by atoms with Crippen molar-refractivity contribution in [2.75, 3.05) is 5.33 Å². The summed E-state index contributed by atoms with van der Waals surface area (Å²) in [6, 6.07) is 15.4. The number of benzene rings is 2. The molecule has 0 heterocycles. The largest absolute Gasteiger partial charge is 0.0921 e. The van der Waals surface area contributed by atoms with Gasteiger partial charge in [-0.15, -0.1) is 0 Å². The Morgan fingerprint density at radius 1 is 0.947 bits per heavy atom. The number of aryl methyl sites for hydroxylation is 2. The first-order valence-corrected chi connectivity index (χ1v) is 8.39. The van der Waals surface area contributed by atoms with Gasteiger partial charge in [-0.1, -0.05) is 62.2 Å². The molecule has 0 bridgehead atoms. The van der Waals surface area contributed by atoms with Gasteiger partial charge in [0.15, 0.2) is 0 Å². The summed E-state index contributed by atoms with van der Waals surface area (Å²) in [4.78, 5) is 0. The van der Waals surface area contributed by atoms with E-state index in [1.54, 1.807) is 0 Å². The zero-order valence-electron chi connectivity index (χ0n) is 11.3. The van der Waals surface area contributed by atoms with Crippen molar-refractivity contribution in [3.63, 3.8) is 0 Å².